The van der Waals surface area contributed by atoms with E-state index in [4.69, 9.17) is 12.2 Å². The summed E-state index contributed by atoms with van der Waals surface area (Å²) in [5, 5.41) is 0. The van der Waals surface area contributed by atoms with E-state index in [1.807, 2.05) is 0 Å². The predicted molar refractivity (Wildman–Crippen MR) is 51.2 cm³/mol. The largest absolute Gasteiger partial charge is 0.396 e. The van der Waals surface area contributed by atoms with Crippen LogP contribution >= 0.6 is 12.2 Å². The van der Waals surface area contributed by atoms with Crippen LogP contribution in [0.5, 0.6) is 0 Å². The lowest BCUT2D eigenvalue weighted by atomic mass is 10.2. The van der Waals surface area contributed by atoms with Crippen molar-refractivity contribution < 1.29 is 13.2 Å². The molecule has 1 saturated carbocycles. The standard InChI is InChI=1S/C9H9F3N2S/c10-9(11,12)4-7-13-6(5-1-2-5)3-8(15)14-7/h3,5H,1-2,4H2,(H,13,14,15). The van der Waals surface area contributed by atoms with Crippen LogP contribution in [0.25, 0.3) is 0 Å². The van der Waals surface area contributed by atoms with Crippen LogP contribution in [-0.4, -0.2) is 16.1 Å². The Hall–Kier alpha value is -0.910. The van der Waals surface area contributed by atoms with E-state index in [1.165, 1.54) is 0 Å². The summed E-state index contributed by atoms with van der Waals surface area (Å²) in [7, 11) is 0. The maximum atomic E-state index is 12.1. The third kappa shape index (κ3) is 3.02. The van der Waals surface area contributed by atoms with E-state index in [0.29, 0.717) is 5.92 Å². The Morgan fingerprint density at radius 3 is 2.67 bits per heavy atom. The molecule has 0 aliphatic heterocycles. The van der Waals surface area contributed by atoms with Gasteiger partial charge in [-0.15, -0.1) is 0 Å². The number of nitrogens with zero attached hydrogens (tertiary/aromatic N) is 1. The van der Waals surface area contributed by atoms with Crippen LogP contribution in [0.15, 0.2) is 6.07 Å². The highest BCUT2D eigenvalue weighted by molar-refractivity contribution is 7.71. The number of halogens is 3. The minimum atomic E-state index is -4.24. The lowest BCUT2D eigenvalue weighted by Gasteiger charge is -2.07. The fraction of sp³-hybridized carbons (Fsp3) is 0.556. The highest BCUT2D eigenvalue weighted by Gasteiger charge is 2.30. The second-order valence-corrected chi connectivity index (χ2v) is 4.11. The molecule has 1 aliphatic carbocycles. The zero-order chi connectivity index (χ0) is 11.1. The van der Waals surface area contributed by atoms with E-state index >= 15 is 0 Å². The smallest absolute Gasteiger partial charge is 0.347 e. The second kappa shape index (κ2) is 3.59. The molecule has 1 aliphatic rings. The van der Waals surface area contributed by atoms with Gasteiger partial charge in [0, 0.05) is 5.69 Å². The van der Waals surface area contributed by atoms with E-state index in [9.17, 15) is 13.2 Å². The normalized spacial score (nSPS) is 16.7. The summed E-state index contributed by atoms with van der Waals surface area (Å²) in [5.74, 6) is 0.263. The van der Waals surface area contributed by atoms with E-state index in [1.54, 1.807) is 6.07 Å². The van der Waals surface area contributed by atoms with E-state index in [0.717, 1.165) is 18.5 Å². The number of hydrogen-bond acceptors (Lipinski definition) is 2. The van der Waals surface area contributed by atoms with Gasteiger partial charge in [-0.25, -0.2) is 4.98 Å². The van der Waals surface area contributed by atoms with Crippen LogP contribution in [0.4, 0.5) is 13.2 Å². The molecule has 0 saturated heterocycles. The summed E-state index contributed by atoms with van der Waals surface area (Å²) < 4.78 is 36.6. The molecule has 1 aromatic rings. The van der Waals surface area contributed by atoms with Gasteiger partial charge < -0.3 is 4.98 Å². The summed E-state index contributed by atoms with van der Waals surface area (Å²) in [5.41, 5.74) is 0.786. The molecule has 0 spiro atoms. The molecule has 1 N–H and O–H groups in total. The summed E-state index contributed by atoms with van der Waals surface area (Å²) in [4.78, 5) is 6.37. The first kappa shape index (κ1) is 10.6. The summed E-state index contributed by atoms with van der Waals surface area (Å²) in [6.07, 6.45) is -3.26. The van der Waals surface area contributed by atoms with Crippen molar-refractivity contribution in [3.05, 3.63) is 22.2 Å². The minimum Gasteiger partial charge on any atom is -0.347 e. The lowest BCUT2D eigenvalue weighted by molar-refractivity contribution is -0.128. The molecule has 1 heterocycles. The number of aromatic nitrogens is 2. The van der Waals surface area contributed by atoms with Crippen molar-refractivity contribution in [2.45, 2.75) is 31.4 Å². The zero-order valence-electron chi connectivity index (χ0n) is 7.77. The van der Waals surface area contributed by atoms with Gasteiger partial charge in [0.15, 0.2) is 0 Å². The van der Waals surface area contributed by atoms with Crippen LogP contribution in [0.3, 0.4) is 0 Å². The average molecular weight is 234 g/mol. The van der Waals surface area contributed by atoms with Crippen molar-refractivity contribution in [1.29, 1.82) is 0 Å². The molecule has 0 bridgehead atoms. The Balaban J connectivity index is 2.27. The molecular formula is C9H9F3N2S. The van der Waals surface area contributed by atoms with Crippen molar-refractivity contribution in [2.75, 3.05) is 0 Å². The highest BCUT2D eigenvalue weighted by Crippen LogP contribution is 2.39. The number of nitrogens with one attached hydrogen (secondary N) is 1. The van der Waals surface area contributed by atoms with Gasteiger partial charge in [-0.3, -0.25) is 0 Å². The van der Waals surface area contributed by atoms with Crippen LogP contribution in [0.1, 0.15) is 30.3 Å². The van der Waals surface area contributed by atoms with Crippen molar-refractivity contribution in [3.8, 4) is 0 Å². The van der Waals surface area contributed by atoms with Crippen LogP contribution in [0.2, 0.25) is 0 Å². The molecule has 82 valence electrons. The Morgan fingerprint density at radius 1 is 1.47 bits per heavy atom. The zero-order valence-corrected chi connectivity index (χ0v) is 8.58. The lowest BCUT2D eigenvalue weighted by Crippen LogP contribution is -2.14. The number of H-pyrrole nitrogens is 1. The van der Waals surface area contributed by atoms with Crippen molar-refractivity contribution >= 4 is 12.2 Å². The van der Waals surface area contributed by atoms with Crippen molar-refractivity contribution in [1.82, 2.24) is 9.97 Å². The fourth-order valence-electron chi connectivity index (χ4n) is 1.42. The summed E-state index contributed by atoms with van der Waals surface area (Å²) >= 11 is 4.82. The first-order valence-electron chi connectivity index (χ1n) is 4.61. The number of alkyl halides is 3. The van der Waals surface area contributed by atoms with Crippen LogP contribution < -0.4 is 0 Å². The fourth-order valence-corrected chi connectivity index (χ4v) is 1.65. The molecule has 1 aromatic heterocycles. The average Bonchev–Trinajstić information content (AvgIpc) is 2.80. The Bertz CT molecular complexity index is 420. The molecule has 2 nitrogen and oxygen atoms in total. The van der Waals surface area contributed by atoms with Gasteiger partial charge in [-0.05, 0) is 24.8 Å². The van der Waals surface area contributed by atoms with E-state index < -0.39 is 12.6 Å². The van der Waals surface area contributed by atoms with Crippen LogP contribution in [0, 0.1) is 4.64 Å². The van der Waals surface area contributed by atoms with Gasteiger partial charge in [0.2, 0.25) is 0 Å². The molecule has 0 unspecified atom stereocenters. The molecule has 15 heavy (non-hydrogen) atoms. The van der Waals surface area contributed by atoms with Gasteiger partial charge >= 0.3 is 6.18 Å². The molecule has 0 aromatic carbocycles. The Labute approximate surface area is 89.5 Å². The van der Waals surface area contributed by atoms with Crippen molar-refractivity contribution in [3.63, 3.8) is 0 Å². The maximum Gasteiger partial charge on any atom is 0.396 e. The molecule has 1 fully saturated rings. The third-order valence-corrected chi connectivity index (χ3v) is 2.41. The van der Waals surface area contributed by atoms with Gasteiger partial charge in [-0.1, -0.05) is 12.2 Å². The van der Waals surface area contributed by atoms with E-state index in [-0.39, 0.29) is 10.5 Å². The van der Waals surface area contributed by atoms with Gasteiger partial charge in [0.05, 0.1) is 0 Å². The quantitative estimate of drug-likeness (QED) is 0.796. The maximum absolute atomic E-state index is 12.1. The van der Waals surface area contributed by atoms with Crippen molar-refractivity contribution in [2.24, 2.45) is 0 Å². The summed E-state index contributed by atoms with van der Waals surface area (Å²) in [6.45, 7) is 0. The number of aromatic amines is 1. The second-order valence-electron chi connectivity index (χ2n) is 3.69. The molecule has 6 heteroatoms. The SMILES string of the molecule is FC(F)(F)Cc1nc(=S)cc(C2CC2)[nH]1. The Morgan fingerprint density at radius 2 is 2.13 bits per heavy atom. The van der Waals surface area contributed by atoms with Crippen LogP contribution in [-0.2, 0) is 6.42 Å². The number of rotatable bonds is 2. The molecule has 0 radical (unpaired) electrons. The Kier molecular flexibility index (Phi) is 2.54. The highest BCUT2D eigenvalue weighted by atomic mass is 32.1. The monoisotopic (exact) mass is 234 g/mol. The number of hydrogen-bond donors (Lipinski definition) is 1. The van der Waals surface area contributed by atoms with Gasteiger partial charge in [0.25, 0.3) is 0 Å². The topological polar surface area (TPSA) is 28.7 Å². The van der Waals surface area contributed by atoms with Gasteiger partial charge in [0.1, 0.15) is 16.9 Å². The predicted octanol–water partition coefficient (Wildman–Crippen LogP) is 3.12. The van der Waals surface area contributed by atoms with Gasteiger partial charge in [-0.2, -0.15) is 13.2 Å². The van der Waals surface area contributed by atoms with E-state index in [2.05, 4.69) is 9.97 Å². The molecule has 0 atom stereocenters. The molecule has 0 amide bonds. The summed E-state index contributed by atoms with van der Waals surface area (Å²) in [6, 6.07) is 1.65. The minimum absolute atomic E-state index is 0.0862. The first-order chi connectivity index (χ1) is 6.94. The first-order valence-corrected chi connectivity index (χ1v) is 5.02. The molecule has 2 rings (SSSR count). The molecular weight excluding hydrogens is 225 g/mol. The third-order valence-electron chi connectivity index (χ3n) is 2.20.